The van der Waals surface area contributed by atoms with Crippen LogP contribution in [-0.4, -0.2) is 103 Å². The molecule has 3 aliphatic heterocycles. The van der Waals surface area contributed by atoms with Gasteiger partial charge >= 0.3 is 6.03 Å². The molecule has 3 atom stereocenters. The number of nitrogens with zero attached hydrogens (tertiary/aromatic N) is 4. The fourth-order valence-electron chi connectivity index (χ4n) is 9.47. The minimum Gasteiger partial charge on any atom is -0.341 e. The monoisotopic (exact) mass is 701 g/mol. The summed E-state index contributed by atoms with van der Waals surface area (Å²) in [6.45, 7) is 23.6. The molecule has 6 nitrogen and oxygen atoms in total. The van der Waals surface area contributed by atoms with Crippen LogP contribution in [0.5, 0.6) is 11.5 Å². The highest BCUT2D eigenvalue weighted by Gasteiger charge is 2.86. The van der Waals surface area contributed by atoms with Crippen molar-refractivity contribution in [3.05, 3.63) is 58.1 Å². The van der Waals surface area contributed by atoms with Crippen LogP contribution in [0.25, 0.3) is 0 Å². The van der Waals surface area contributed by atoms with Gasteiger partial charge in [-0.2, -0.15) is 0 Å². The Balaban J connectivity index is 1.49. The van der Waals surface area contributed by atoms with E-state index in [4.69, 9.17) is 9.47 Å². The molecule has 2 fully saturated rings. The summed E-state index contributed by atoms with van der Waals surface area (Å²) in [5.41, 5.74) is 6.01. The van der Waals surface area contributed by atoms with Gasteiger partial charge in [0, 0.05) is 32.3 Å². The standard InChI is InChI=1S/C45H72N4O2/c1-40(2,3)36-29-34-32-47-44(9)25-17-16-24-43(44,8)46-31-33-28-35(42(7,22-18-26-48(10,11)12)23-19-27-49(13,14)15)20-21-38(33)50-45(46,47)51-39(34)37(30-36)41(4,5)6/h20-21,28-32H,16-19,22-27H2,1-15H3/q+4/t43-,44-,45?/m0/s1. The lowest BCUT2D eigenvalue weighted by Crippen LogP contribution is -2.61. The van der Waals surface area contributed by atoms with Gasteiger partial charge in [0.15, 0.2) is 23.9 Å². The van der Waals surface area contributed by atoms with E-state index < -0.39 is 6.03 Å². The molecule has 0 amide bonds. The van der Waals surface area contributed by atoms with E-state index in [9.17, 15) is 0 Å². The van der Waals surface area contributed by atoms with Crippen LogP contribution in [0.4, 0.5) is 0 Å². The molecule has 0 aromatic heterocycles. The van der Waals surface area contributed by atoms with Crippen LogP contribution in [0.3, 0.4) is 0 Å². The van der Waals surface area contributed by atoms with Gasteiger partial charge in [-0.25, -0.2) is 0 Å². The molecule has 6 heteroatoms. The molecule has 1 saturated heterocycles. The molecule has 2 aromatic rings. The minimum atomic E-state index is -1.09. The van der Waals surface area contributed by atoms with Crippen molar-refractivity contribution in [2.24, 2.45) is 0 Å². The zero-order valence-corrected chi connectivity index (χ0v) is 35.2. The van der Waals surface area contributed by atoms with Crippen LogP contribution >= 0.6 is 0 Å². The second kappa shape index (κ2) is 12.2. The smallest absolute Gasteiger partial charge is 0.341 e. The number of hydrogen-bond donors (Lipinski definition) is 0. The van der Waals surface area contributed by atoms with Crippen molar-refractivity contribution >= 4 is 12.4 Å². The van der Waals surface area contributed by atoms with E-state index in [1.54, 1.807) is 0 Å². The van der Waals surface area contributed by atoms with Gasteiger partial charge in [0.2, 0.25) is 11.1 Å². The molecule has 6 rings (SSSR count). The molecule has 1 spiro atoms. The molecule has 1 aliphatic carbocycles. The summed E-state index contributed by atoms with van der Waals surface area (Å²) in [5.74, 6) is 1.87. The summed E-state index contributed by atoms with van der Waals surface area (Å²) in [6, 6.07) is 10.7. The predicted octanol–water partition coefficient (Wildman–Crippen LogP) is 8.58. The SMILES string of the molecule is CC(C)(C)c1cc2c(c(C(C)(C)C)c1)OC13Oc4ccc(C(C)(CCC[N+](C)(C)C)CCC[N+](C)(C)C)cc4C=[N+]1[C@@]1(C)CCCC[C@]1(C)[N+]3=C2. The predicted molar refractivity (Wildman–Crippen MR) is 212 cm³/mol. The van der Waals surface area contributed by atoms with E-state index in [1.165, 1.54) is 73.9 Å². The summed E-state index contributed by atoms with van der Waals surface area (Å²) in [7, 11) is 13.9. The zero-order chi connectivity index (χ0) is 37.6. The van der Waals surface area contributed by atoms with E-state index in [1.807, 2.05) is 0 Å². The van der Waals surface area contributed by atoms with Crippen molar-refractivity contribution < 1.29 is 27.6 Å². The van der Waals surface area contributed by atoms with Crippen LogP contribution in [0, 0.1) is 0 Å². The third-order valence-corrected chi connectivity index (χ3v) is 13.0. The van der Waals surface area contributed by atoms with Crippen molar-refractivity contribution in [1.82, 2.24) is 0 Å². The lowest BCUT2D eigenvalue weighted by molar-refractivity contribution is -0.876. The summed E-state index contributed by atoms with van der Waals surface area (Å²) in [5, 5.41) is 0. The molecule has 51 heavy (non-hydrogen) atoms. The third-order valence-electron chi connectivity index (χ3n) is 13.0. The first kappa shape index (κ1) is 38.0. The fourth-order valence-corrected chi connectivity index (χ4v) is 9.47. The van der Waals surface area contributed by atoms with E-state index in [-0.39, 0.29) is 27.3 Å². The number of rotatable bonds is 9. The molecule has 0 N–H and O–H groups in total. The first-order valence-electron chi connectivity index (χ1n) is 19.9. The van der Waals surface area contributed by atoms with Gasteiger partial charge in [-0.15, -0.1) is 0 Å². The van der Waals surface area contributed by atoms with Gasteiger partial charge < -0.3 is 18.4 Å². The van der Waals surface area contributed by atoms with Gasteiger partial charge in [-0.1, -0.05) is 69.7 Å². The Hall–Kier alpha value is -2.70. The van der Waals surface area contributed by atoms with Crippen LogP contribution in [-0.2, 0) is 16.2 Å². The molecular formula is C45H72N4O2+4. The van der Waals surface area contributed by atoms with Crippen molar-refractivity contribution in [2.75, 3.05) is 55.4 Å². The minimum absolute atomic E-state index is 0.0241. The fraction of sp³-hybridized carbons (Fsp3) is 0.689. The van der Waals surface area contributed by atoms with Gasteiger partial charge in [-0.05, 0) is 84.1 Å². The van der Waals surface area contributed by atoms with Crippen molar-refractivity contribution in [3.63, 3.8) is 0 Å². The number of ether oxygens (including phenoxy) is 2. The average Bonchev–Trinajstić information content (AvgIpc) is 3.15. The second-order valence-electron chi connectivity index (χ2n) is 21.5. The van der Waals surface area contributed by atoms with Crippen LogP contribution in [0.1, 0.15) is 141 Å². The second-order valence-corrected chi connectivity index (χ2v) is 21.5. The summed E-state index contributed by atoms with van der Waals surface area (Å²) in [4.78, 5) is 0. The maximum Gasteiger partial charge on any atom is 0.705 e. The first-order chi connectivity index (χ1) is 23.3. The molecule has 2 aromatic carbocycles. The van der Waals surface area contributed by atoms with Gasteiger partial charge in [0.05, 0.1) is 66.5 Å². The quantitative estimate of drug-likeness (QED) is 0.194. The Morgan fingerprint density at radius 1 is 0.647 bits per heavy atom. The first-order valence-corrected chi connectivity index (χ1v) is 19.9. The largest absolute Gasteiger partial charge is 0.705 e. The van der Waals surface area contributed by atoms with E-state index in [0.29, 0.717) is 0 Å². The Bertz CT molecular complexity index is 1720. The Kier molecular flexibility index (Phi) is 9.07. The Labute approximate surface area is 311 Å². The normalized spacial score (nSPS) is 26.1. The van der Waals surface area contributed by atoms with E-state index in [2.05, 4.69) is 157 Å². The van der Waals surface area contributed by atoms with Gasteiger partial charge in [0.25, 0.3) is 0 Å². The van der Waals surface area contributed by atoms with Crippen molar-refractivity contribution in [2.45, 2.75) is 147 Å². The molecule has 0 radical (unpaired) electrons. The maximum atomic E-state index is 7.48. The topological polar surface area (TPSA) is 24.5 Å². The molecule has 4 aliphatic rings. The van der Waals surface area contributed by atoms with E-state index in [0.717, 1.165) is 38.9 Å². The molecule has 1 unspecified atom stereocenters. The van der Waals surface area contributed by atoms with Gasteiger partial charge in [-0.3, -0.25) is 0 Å². The molecular weight excluding hydrogens is 629 g/mol. The lowest BCUT2D eigenvalue weighted by atomic mass is 9.69. The van der Waals surface area contributed by atoms with Gasteiger partial charge in [0.1, 0.15) is 0 Å². The summed E-state index contributed by atoms with van der Waals surface area (Å²) >= 11 is 0. The van der Waals surface area contributed by atoms with Crippen molar-refractivity contribution in [1.29, 1.82) is 0 Å². The number of benzene rings is 2. The van der Waals surface area contributed by atoms with Crippen LogP contribution in [0.2, 0.25) is 0 Å². The molecule has 3 heterocycles. The third kappa shape index (κ3) is 6.71. The summed E-state index contributed by atoms with van der Waals surface area (Å²) in [6.07, 6.45) is 14.2. The highest BCUT2D eigenvalue weighted by molar-refractivity contribution is 5.84. The Morgan fingerprint density at radius 3 is 1.65 bits per heavy atom. The molecule has 0 bridgehead atoms. The zero-order valence-electron chi connectivity index (χ0n) is 35.2. The van der Waals surface area contributed by atoms with Crippen LogP contribution < -0.4 is 9.47 Å². The van der Waals surface area contributed by atoms with Crippen LogP contribution in [0.15, 0.2) is 30.3 Å². The van der Waals surface area contributed by atoms with E-state index >= 15 is 0 Å². The average molecular weight is 701 g/mol. The highest BCUT2D eigenvalue weighted by atomic mass is 16.7. The summed E-state index contributed by atoms with van der Waals surface area (Å²) < 4.78 is 21.8. The maximum absolute atomic E-state index is 7.48. The molecule has 1 saturated carbocycles. The van der Waals surface area contributed by atoms with Crippen molar-refractivity contribution in [3.8, 4) is 11.5 Å². The Morgan fingerprint density at radius 2 is 1.16 bits per heavy atom. The number of hydrogen-bond acceptors (Lipinski definition) is 2. The number of fused-ring (bicyclic) bond motifs is 5. The lowest BCUT2D eigenvalue weighted by Gasteiger charge is -2.35. The highest BCUT2D eigenvalue weighted by Crippen LogP contribution is 2.56. The molecule has 280 valence electrons. The number of quaternary nitrogens is 2.